The Morgan fingerprint density at radius 1 is 0.452 bits per heavy atom. The third-order valence-corrected chi connectivity index (χ3v) is 12.4. The first kappa shape index (κ1) is 60.1. The molecule has 1 amide bonds. The number of carbonyl (C=O) groups excluding carboxylic acids is 2. The lowest BCUT2D eigenvalue weighted by molar-refractivity contribution is -0.143. The Morgan fingerprint density at radius 3 is 1.19 bits per heavy atom. The second kappa shape index (κ2) is 51.7. The Kier molecular flexibility index (Phi) is 50.1. The molecule has 0 aliphatic heterocycles. The summed E-state index contributed by atoms with van der Waals surface area (Å²) in [5, 5.41) is 23.1. The number of aliphatic hydroxyl groups excluding tert-OH is 2. The van der Waals surface area contributed by atoms with Crippen LogP contribution in [0.5, 0.6) is 0 Å². The van der Waals surface area contributed by atoms with Crippen molar-refractivity contribution < 1.29 is 24.5 Å². The number of hydrogen-bond donors (Lipinski definition) is 3. The summed E-state index contributed by atoms with van der Waals surface area (Å²) < 4.78 is 5.44. The Hall–Kier alpha value is -1.92. The van der Waals surface area contributed by atoms with Crippen molar-refractivity contribution in [3.8, 4) is 0 Å². The predicted molar refractivity (Wildman–Crippen MR) is 269 cm³/mol. The molecule has 0 aliphatic rings. The number of hydrogen-bond acceptors (Lipinski definition) is 5. The van der Waals surface area contributed by atoms with E-state index in [2.05, 4.69) is 43.5 Å². The molecule has 6 nitrogen and oxygen atoms in total. The second-order valence-corrected chi connectivity index (χ2v) is 18.6. The summed E-state index contributed by atoms with van der Waals surface area (Å²) in [6.45, 7) is 4.85. The van der Waals surface area contributed by atoms with Crippen molar-refractivity contribution in [3.63, 3.8) is 0 Å². The molecule has 2 unspecified atom stereocenters. The van der Waals surface area contributed by atoms with Gasteiger partial charge in [-0.2, -0.15) is 0 Å². The zero-order valence-corrected chi connectivity index (χ0v) is 41.4. The molecule has 0 saturated carbocycles. The largest absolute Gasteiger partial charge is 0.466 e. The van der Waals surface area contributed by atoms with Crippen LogP contribution in [-0.2, 0) is 14.3 Å². The van der Waals surface area contributed by atoms with Crippen LogP contribution in [0.25, 0.3) is 0 Å². The average Bonchev–Trinajstić information content (AvgIpc) is 3.27. The fraction of sp³-hybridized carbons (Fsp3) is 0.857. The highest BCUT2D eigenvalue weighted by Crippen LogP contribution is 2.16. The summed E-state index contributed by atoms with van der Waals surface area (Å²) >= 11 is 0. The van der Waals surface area contributed by atoms with Crippen LogP contribution in [0.15, 0.2) is 36.5 Å². The van der Waals surface area contributed by atoms with Crippen molar-refractivity contribution in [2.75, 3.05) is 13.2 Å². The van der Waals surface area contributed by atoms with E-state index in [0.29, 0.717) is 19.4 Å². The van der Waals surface area contributed by atoms with Gasteiger partial charge in [0, 0.05) is 12.8 Å². The molecule has 0 aromatic heterocycles. The van der Waals surface area contributed by atoms with Crippen LogP contribution >= 0.6 is 0 Å². The highest BCUT2D eigenvalue weighted by atomic mass is 16.5. The van der Waals surface area contributed by atoms with Gasteiger partial charge in [0.1, 0.15) is 0 Å². The van der Waals surface area contributed by atoms with Gasteiger partial charge in [0.05, 0.1) is 25.4 Å². The molecule has 0 rings (SSSR count). The Labute approximate surface area is 385 Å². The van der Waals surface area contributed by atoms with Crippen LogP contribution in [0.4, 0.5) is 0 Å². The van der Waals surface area contributed by atoms with E-state index in [0.717, 1.165) is 77.0 Å². The van der Waals surface area contributed by atoms with Crippen LogP contribution in [0, 0.1) is 0 Å². The van der Waals surface area contributed by atoms with Crippen LogP contribution < -0.4 is 5.32 Å². The first-order valence-electron chi connectivity index (χ1n) is 27.3. The van der Waals surface area contributed by atoms with Gasteiger partial charge in [-0.3, -0.25) is 9.59 Å². The van der Waals surface area contributed by atoms with Crippen molar-refractivity contribution in [1.29, 1.82) is 0 Å². The smallest absolute Gasteiger partial charge is 0.305 e. The number of aliphatic hydroxyl groups is 2. The lowest BCUT2D eigenvalue weighted by atomic mass is 10.0. The summed E-state index contributed by atoms with van der Waals surface area (Å²) in [7, 11) is 0. The fourth-order valence-electron chi connectivity index (χ4n) is 8.21. The number of ether oxygens (including phenoxy) is 1. The first-order valence-corrected chi connectivity index (χ1v) is 27.3. The van der Waals surface area contributed by atoms with Crippen molar-refractivity contribution in [3.05, 3.63) is 36.5 Å². The Bertz CT molecular complexity index is 1010. The van der Waals surface area contributed by atoms with Crippen LogP contribution in [0.2, 0.25) is 0 Å². The molecule has 0 bridgehead atoms. The van der Waals surface area contributed by atoms with Gasteiger partial charge in [-0.25, -0.2) is 0 Å². The minimum atomic E-state index is -0.858. The molecule has 2 atom stereocenters. The number of rotatable bonds is 50. The maximum absolute atomic E-state index is 12.4. The third-order valence-electron chi connectivity index (χ3n) is 12.4. The first-order chi connectivity index (χ1) is 30.5. The van der Waals surface area contributed by atoms with Crippen molar-refractivity contribution in [1.82, 2.24) is 5.32 Å². The van der Waals surface area contributed by atoms with Crippen molar-refractivity contribution >= 4 is 11.9 Å². The molecule has 0 aromatic carbocycles. The summed E-state index contributed by atoms with van der Waals surface area (Å²) in [6, 6.07) is -0.644. The number of unbranched alkanes of at least 4 members (excludes halogenated alkanes) is 36. The zero-order chi connectivity index (χ0) is 45.1. The van der Waals surface area contributed by atoms with E-state index in [1.54, 1.807) is 6.08 Å². The molecule has 0 fully saturated rings. The van der Waals surface area contributed by atoms with E-state index in [9.17, 15) is 19.8 Å². The molecule has 6 heteroatoms. The number of amides is 1. The second-order valence-electron chi connectivity index (χ2n) is 18.6. The lowest BCUT2D eigenvalue weighted by Crippen LogP contribution is -2.45. The van der Waals surface area contributed by atoms with E-state index >= 15 is 0 Å². The van der Waals surface area contributed by atoms with Crippen molar-refractivity contribution in [2.45, 2.75) is 296 Å². The molecule has 364 valence electrons. The molecule has 3 N–H and O–H groups in total. The number of nitrogens with one attached hydrogen (secondary N) is 1. The molecule has 0 spiro atoms. The maximum Gasteiger partial charge on any atom is 0.305 e. The minimum Gasteiger partial charge on any atom is -0.466 e. The van der Waals surface area contributed by atoms with E-state index in [1.807, 2.05) is 6.08 Å². The summed E-state index contributed by atoms with van der Waals surface area (Å²) in [4.78, 5) is 24.5. The van der Waals surface area contributed by atoms with E-state index in [-0.39, 0.29) is 18.5 Å². The standard InChI is InChI=1S/C56H105NO5/c1-3-5-7-9-11-13-15-17-19-21-24-28-32-36-40-44-48-54(59)53(52-58)57-55(60)49-45-41-37-33-29-25-22-20-23-27-31-35-39-43-47-51-62-56(61)50-46-42-38-34-30-26-18-16-14-12-10-8-6-4-2/h20,23,27,31,44,48,53-54,58-59H,3-19,21-22,24-26,28-30,32-43,45-47,49-52H2,1-2H3,(H,57,60)/b23-20-,31-27-,48-44+. The average molecular weight is 872 g/mol. The highest BCUT2D eigenvalue weighted by molar-refractivity contribution is 5.76. The summed E-state index contributed by atoms with van der Waals surface area (Å²) in [5.74, 6) is -0.111. The van der Waals surface area contributed by atoms with Gasteiger partial charge in [0.2, 0.25) is 5.91 Å². The number of esters is 1. The topological polar surface area (TPSA) is 95.9 Å². The van der Waals surface area contributed by atoms with Crippen molar-refractivity contribution in [2.24, 2.45) is 0 Å². The van der Waals surface area contributed by atoms with Gasteiger partial charge in [0.25, 0.3) is 0 Å². The van der Waals surface area contributed by atoms with Gasteiger partial charge in [-0.15, -0.1) is 0 Å². The number of allylic oxidation sites excluding steroid dienone is 5. The molecule has 0 aromatic rings. The van der Waals surface area contributed by atoms with Crippen LogP contribution in [0.3, 0.4) is 0 Å². The molecule has 0 radical (unpaired) electrons. The highest BCUT2D eigenvalue weighted by Gasteiger charge is 2.18. The van der Waals surface area contributed by atoms with Gasteiger partial charge in [-0.05, 0) is 64.2 Å². The number of carbonyl (C=O) groups is 2. The molecule has 0 saturated heterocycles. The summed E-state index contributed by atoms with van der Waals surface area (Å²) in [5.41, 5.74) is 0. The quantitative estimate of drug-likeness (QED) is 0.0245. The SMILES string of the molecule is CCCCCCCCCCCCCCCC/C=C/C(O)C(CO)NC(=O)CCCCCCCC/C=C\C=C/CCCCCOC(=O)CCCCCCCCCCCCCCCC. The lowest BCUT2D eigenvalue weighted by Gasteiger charge is -2.20. The van der Waals surface area contributed by atoms with Gasteiger partial charge >= 0.3 is 5.97 Å². The van der Waals surface area contributed by atoms with Gasteiger partial charge in [-0.1, -0.05) is 243 Å². The molecular weight excluding hydrogens is 767 g/mol. The predicted octanol–water partition coefficient (Wildman–Crippen LogP) is 16.5. The maximum atomic E-state index is 12.4. The molecule has 62 heavy (non-hydrogen) atoms. The van der Waals surface area contributed by atoms with E-state index < -0.39 is 12.1 Å². The zero-order valence-electron chi connectivity index (χ0n) is 41.4. The fourth-order valence-corrected chi connectivity index (χ4v) is 8.21. The minimum absolute atomic E-state index is 0.0209. The van der Waals surface area contributed by atoms with Crippen LogP contribution in [0.1, 0.15) is 284 Å². The van der Waals surface area contributed by atoms with Gasteiger partial charge in [0.15, 0.2) is 0 Å². The summed E-state index contributed by atoms with van der Waals surface area (Å²) in [6.07, 6.45) is 62.9. The normalized spacial score (nSPS) is 12.9. The van der Waals surface area contributed by atoms with E-state index in [4.69, 9.17) is 4.74 Å². The monoisotopic (exact) mass is 872 g/mol. The van der Waals surface area contributed by atoms with E-state index in [1.165, 1.54) is 180 Å². The molecular formula is C56H105NO5. The van der Waals surface area contributed by atoms with Gasteiger partial charge < -0.3 is 20.3 Å². The molecule has 0 aliphatic carbocycles. The Morgan fingerprint density at radius 2 is 0.790 bits per heavy atom. The Balaban J connectivity index is 3.55. The van der Waals surface area contributed by atoms with Crippen LogP contribution in [-0.4, -0.2) is 47.4 Å². The third kappa shape index (κ3) is 47.6. The molecule has 0 heterocycles.